The first-order valence-electron chi connectivity index (χ1n) is 7.92. The molecular weight excluding hydrogens is 314 g/mol. The molecule has 1 saturated heterocycles. The van der Waals surface area contributed by atoms with E-state index in [0.717, 1.165) is 23.3 Å². The van der Waals surface area contributed by atoms with Gasteiger partial charge in [0.05, 0.1) is 11.1 Å². The second-order valence-electron chi connectivity index (χ2n) is 6.14. The Morgan fingerprint density at radius 1 is 1.43 bits per heavy atom. The Morgan fingerprint density at radius 2 is 2.22 bits per heavy atom. The van der Waals surface area contributed by atoms with Gasteiger partial charge in [-0.25, -0.2) is 18.4 Å². The zero-order chi connectivity index (χ0) is 16.6. The molecule has 1 N–H and O–H groups in total. The van der Waals surface area contributed by atoms with Crippen LogP contribution in [0.4, 0.5) is 5.82 Å². The number of H-pyrrole nitrogens is 1. The molecule has 2 aromatic rings. The van der Waals surface area contributed by atoms with Crippen molar-refractivity contribution in [2.24, 2.45) is 5.92 Å². The topological polar surface area (TPSA) is 82.2 Å². The maximum atomic E-state index is 12.2. The van der Waals surface area contributed by atoms with Crippen molar-refractivity contribution in [1.29, 1.82) is 0 Å². The molecule has 2 atom stereocenters. The van der Waals surface area contributed by atoms with Crippen molar-refractivity contribution in [3.63, 3.8) is 0 Å². The van der Waals surface area contributed by atoms with Gasteiger partial charge in [0.2, 0.25) is 10.0 Å². The van der Waals surface area contributed by atoms with Crippen LogP contribution in [0, 0.1) is 5.92 Å². The van der Waals surface area contributed by atoms with Crippen LogP contribution in [0.1, 0.15) is 20.3 Å². The Hall–Kier alpha value is -1.67. The highest BCUT2D eigenvalue weighted by atomic mass is 32.2. The smallest absolute Gasteiger partial charge is 0.213 e. The number of rotatable bonds is 4. The first kappa shape index (κ1) is 16.2. The van der Waals surface area contributed by atoms with Crippen LogP contribution in [0.25, 0.3) is 11.0 Å². The largest absolute Gasteiger partial charge is 0.354 e. The molecule has 2 aromatic heterocycles. The van der Waals surface area contributed by atoms with Crippen LogP contribution in [-0.4, -0.2) is 59.6 Å². The number of fused-ring (bicyclic) bond motifs is 1. The van der Waals surface area contributed by atoms with Crippen LogP contribution in [0.3, 0.4) is 0 Å². The van der Waals surface area contributed by atoms with E-state index < -0.39 is 10.0 Å². The van der Waals surface area contributed by atoms with Gasteiger partial charge in [-0.2, -0.15) is 4.31 Å². The van der Waals surface area contributed by atoms with E-state index >= 15 is 0 Å². The molecule has 3 rings (SSSR count). The molecule has 126 valence electrons. The van der Waals surface area contributed by atoms with Crippen molar-refractivity contribution in [3.05, 3.63) is 18.6 Å². The average Bonchev–Trinajstić information content (AvgIpc) is 3.03. The Kier molecular flexibility index (Phi) is 4.29. The minimum atomic E-state index is -3.16. The number of sulfonamides is 1. The molecule has 23 heavy (non-hydrogen) atoms. The quantitative estimate of drug-likeness (QED) is 0.913. The van der Waals surface area contributed by atoms with Gasteiger partial charge >= 0.3 is 0 Å². The number of likely N-dealkylation sites (N-methyl/N-ethyl adjacent to an activating group) is 1. The van der Waals surface area contributed by atoms with Gasteiger partial charge in [-0.15, -0.1) is 0 Å². The van der Waals surface area contributed by atoms with Crippen molar-refractivity contribution in [1.82, 2.24) is 19.3 Å². The maximum Gasteiger partial charge on any atom is 0.213 e. The van der Waals surface area contributed by atoms with E-state index in [2.05, 4.69) is 26.8 Å². The molecule has 8 heteroatoms. The lowest BCUT2D eigenvalue weighted by atomic mass is 9.93. The number of aromatic amines is 1. The fraction of sp³-hybridized carbons (Fsp3) is 0.600. The highest BCUT2D eigenvalue weighted by Gasteiger charge is 2.35. The minimum absolute atomic E-state index is 0.0954. The molecule has 0 spiro atoms. The van der Waals surface area contributed by atoms with Gasteiger partial charge in [0.15, 0.2) is 0 Å². The Balaban J connectivity index is 1.91. The molecule has 0 saturated carbocycles. The summed E-state index contributed by atoms with van der Waals surface area (Å²) < 4.78 is 26.0. The van der Waals surface area contributed by atoms with Crippen molar-refractivity contribution < 1.29 is 8.42 Å². The molecule has 0 amide bonds. The zero-order valence-electron chi connectivity index (χ0n) is 13.7. The first-order valence-corrected chi connectivity index (χ1v) is 9.53. The summed E-state index contributed by atoms with van der Waals surface area (Å²) in [5.41, 5.74) is 0.795. The molecule has 0 bridgehead atoms. The number of nitrogens with zero attached hydrogens (tertiary/aromatic N) is 4. The van der Waals surface area contributed by atoms with Gasteiger partial charge in [0, 0.05) is 32.4 Å². The summed E-state index contributed by atoms with van der Waals surface area (Å²) in [6, 6.07) is 2.05. The predicted octanol–water partition coefficient (Wildman–Crippen LogP) is 1.45. The third-order valence-electron chi connectivity index (χ3n) is 4.80. The molecular formula is C15H23N5O2S. The molecule has 1 aliphatic rings. The fourth-order valence-corrected chi connectivity index (χ4v) is 4.38. The highest BCUT2D eigenvalue weighted by Crippen LogP contribution is 2.29. The summed E-state index contributed by atoms with van der Waals surface area (Å²) in [4.78, 5) is 13.8. The summed E-state index contributed by atoms with van der Waals surface area (Å²) in [7, 11) is -1.17. The summed E-state index contributed by atoms with van der Waals surface area (Å²) in [5, 5.41) is 0.956. The van der Waals surface area contributed by atoms with Crippen LogP contribution in [-0.2, 0) is 10.0 Å². The Labute approximate surface area is 136 Å². The third-order valence-corrected chi connectivity index (χ3v) is 6.65. The molecule has 1 fully saturated rings. The van der Waals surface area contributed by atoms with Crippen molar-refractivity contribution in [3.8, 4) is 0 Å². The summed E-state index contributed by atoms with van der Waals surface area (Å²) in [6.45, 7) is 4.97. The number of piperidine rings is 1. The van der Waals surface area contributed by atoms with E-state index in [4.69, 9.17) is 0 Å². The number of anilines is 1. The van der Waals surface area contributed by atoms with Crippen LogP contribution in [0.2, 0.25) is 0 Å². The standard InChI is InChI=1S/C15H23N5O2S/c1-4-23(21,22)20-8-6-11(2)13(9-20)19(3)15-12-5-7-16-14(12)17-10-18-15/h5,7,10-11,13H,4,6,8-9H2,1-3H3,(H,16,17,18). The average molecular weight is 337 g/mol. The normalized spacial score (nSPS) is 23.3. The lowest BCUT2D eigenvalue weighted by Gasteiger charge is -2.41. The van der Waals surface area contributed by atoms with E-state index in [1.165, 1.54) is 0 Å². The SMILES string of the molecule is CCS(=O)(=O)N1CCC(C)C(N(C)c2ncnc3[nH]ccc23)C1. The molecule has 7 nitrogen and oxygen atoms in total. The lowest BCUT2D eigenvalue weighted by Crippen LogP contribution is -2.53. The molecule has 1 aliphatic heterocycles. The van der Waals surface area contributed by atoms with E-state index in [9.17, 15) is 8.42 Å². The lowest BCUT2D eigenvalue weighted by molar-refractivity contribution is 0.247. The molecule has 0 radical (unpaired) electrons. The third kappa shape index (κ3) is 2.92. The first-order chi connectivity index (χ1) is 10.9. The Bertz CT molecular complexity index is 788. The second kappa shape index (κ2) is 6.09. The monoisotopic (exact) mass is 337 g/mol. The van der Waals surface area contributed by atoms with Crippen LogP contribution in [0.15, 0.2) is 18.6 Å². The number of hydrogen-bond acceptors (Lipinski definition) is 5. The molecule has 0 aliphatic carbocycles. The van der Waals surface area contributed by atoms with Crippen LogP contribution in [0.5, 0.6) is 0 Å². The van der Waals surface area contributed by atoms with Crippen molar-refractivity contribution in [2.45, 2.75) is 26.3 Å². The predicted molar refractivity (Wildman–Crippen MR) is 90.9 cm³/mol. The summed E-state index contributed by atoms with van der Waals surface area (Å²) >= 11 is 0. The molecule has 3 heterocycles. The molecule has 0 aromatic carbocycles. The summed E-state index contributed by atoms with van der Waals surface area (Å²) in [6.07, 6.45) is 4.24. The highest BCUT2D eigenvalue weighted by molar-refractivity contribution is 7.89. The fourth-order valence-electron chi connectivity index (χ4n) is 3.26. The second-order valence-corrected chi connectivity index (χ2v) is 8.40. The van der Waals surface area contributed by atoms with Gasteiger partial charge in [-0.1, -0.05) is 6.92 Å². The van der Waals surface area contributed by atoms with E-state index in [-0.39, 0.29) is 11.8 Å². The van der Waals surface area contributed by atoms with E-state index in [1.54, 1.807) is 17.6 Å². The molecule has 2 unspecified atom stereocenters. The minimum Gasteiger partial charge on any atom is -0.354 e. The van der Waals surface area contributed by atoms with Gasteiger partial charge in [0.1, 0.15) is 17.8 Å². The van der Waals surface area contributed by atoms with Crippen molar-refractivity contribution >= 4 is 26.9 Å². The number of hydrogen-bond donors (Lipinski definition) is 1. The maximum absolute atomic E-state index is 12.2. The van der Waals surface area contributed by atoms with Crippen LogP contribution >= 0.6 is 0 Å². The van der Waals surface area contributed by atoms with Gasteiger partial charge in [-0.05, 0) is 25.3 Å². The van der Waals surface area contributed by atoms with Crippen molar-refractivity contribution in [2.75, 3.05) is 30.8 Å². The van der Waals surface area contributed by atoms with E-state index in [0.29, 0.717) is 19.0 Å². The van der Waals surface area contributed by atoms with Gasteiger partial charge in [0.25, 0.3) is 0 Å². The Morgan fingerprint density at radius 3 is 2.96 bits per heavy atom. The summed E-state index contributed by atoms with van der Waals surface area (Å²) in [5.74, 6) is 1.38. The number of nitrogens with one attached hydrogen (secondary N) is 1. The zero-order valence-corrected chi connectivity index (χ0v) is 14.5. The van der Waals surface area contributed by atoms with Gasteiger partial charge < -0.3 is 9.88 Å². The van der Waals surface area contributed by atoms with E-state index in [1.807, 2.05) is 19.3 Å². The van der Waals surface area contributed by atoms with Crippen LogP contribution < -0.4 is 4.90 Å². The van der Waals surface area contributed by atoms with Gasteiger partial charge in [-0.3, -0.25) is 0 Å². The number of aromatic nitrogens is 3.